The summed E-state index contributed by atoms with van der Waals surface area (Å²) in [5, 5.41) is 12.8. The fourth-order valence-electron chi connectivity index (χ4n) is 2.60. The fourth-order valence-corrected chi connectivity index (χ4v) is 2.60. The Balaban J connectivity index is 0.00000288. The van der Waals surface area contributed by atoms with Crippen molar-refractivity contribution in [2.45, 2.75) is 25.3 Å². The SMILES string of the molecule is COc1ccc2c(c1)N(C)C=CC2NCCCCCO[N+](=O)[O-].I. The lowest BCUT2D eigenvalue weighted by Crippen LogP contribution is -2.26. The van der Waals surface area contributed by atoms with Crippen molar-refractivity contribution in [3.05, 3.63) is 46.2 Å². The number of anilines is 1. The zero-order chi connectivity index (χ0) is 16.7. The van der Waals surface area contributed by atoms with Crippen molar-refractivity contribution in [2.75, 3.05) is 32.2 Å². The molecular weight excluding hydrogens is 425 g/mol. The highest BCUT2D eigenvalue weighted by Crippen LogP contribution is 2.34. The molecule has 1 aromatic carbocycles. The van der Waals surface area contributed by atoms with E-state index in [0.29, 0.717) is 6.42 Å². The van der Waals surface area contributed by atoms with Crippen molar-refractivity contribution in [3.63, 3.8) is 0 Å². The van der Waals surface area contributed by atoms with E-state index < -0.39 is 5.09 Å². The normalized spacial score (nSPS) is 15.4. The lowest BCUT2D eigenvalue weighted by molar-refractivity contribution is -0.757. The number of ether oxygens (including phenoxy) is 1. The van der Waals surface area contributed by atoms with Crippen LogP contribution in [0.4, 0.5) is 5.69 Å². The third-order valence-electron chi connectivity index (χ3n) is 3.84. The zero-order valence-corrected chi connectivity index (χ0v) is 16.3. The van der Waals surface area contributed by atoms with E-state index in [-0.39, 0.29) is 36.6 Å². The summed E-state index contributed by atoms with van der Waals surface area (Å²) >= 11 is 0. The first kappa shape index (κ1) is 20.5. The second-order valence-electron chi connectivity index (χ2n) is 5.43. The molecule has 1 aliphatic heterocycles. The molecule has 0 fully saturated rings. The van der Waals surface area contributed by atoms with Crippen LogP contribution in [0.15, 0.2) is 30.5 Å². The van der Waals surface area contributed by atoms with Crippen molar-refractivity contribution in [3.8, 4) is 5.75 Å². The zero-order valence-electron chi connectivity index (χ0n) is 13.9. The molecule has 0 radical (unpaired) electrons. The number of benzene rings is 1. The second kappa shape index (κ2) is 10.3. The van der Waals surface area contributed by atoms with Crippen LogP contribution in [-0.4, -0.2) is 32.4 Å². The van der Waals surface area contributed by atoms with Gasteiger partial charge in [0.15, 0.2) is 0 Å². The third kappa shape index (κ3) is 5.82. The molecule has 1 N–H and O–H groups in total. The summed E-state index contributed by atoms with van der Waals surface area (Å²) in [4.78, 5) is 16.4. The van der Waals surface area contributed by atoms with Crippen LogP contribution in [0.5, 0.6) is 5.75 Å². The van der Waals surface area contributed by atoms with Gasteiger partial charge in [0.1, 0.15) is 5.75 Å². The Morgan fingerprint density at radius 3 is 2.83 bits per heavy atom. The molecule has 1 heterocycles. The maximum absolute atomic E-state index is 10.0. The van der Waals surface area contributed by atoms with Gasteiger partial charge in [-0.05, 0) is 37.1 Å². The Kier molecular flexibility index (Phi) is 8.83. The van der Waals surface area contributed by atoms with E-state index in [9.17, 15) is 10.1 Å². The van der Waals surface area contributed by atoms with Gasteiger partial charge >= 0.3 is 0 Å². The van der Waals surface area contributed by atoms with Crippen molar-refractivity contribution in [1.82, 2.24) is 5.32 Å². The molecule has 0 aromatic heterocycles. The lowest BCUT2D eigenvalue weighted by atomic mass is 10.0. The van der Waals surface area contributed by atoms with Crippen LogP contribution in [-0.2, 0) is 4.84 Å². The molecule has 1 unspecified atom stereocenters. The van der Waals surface area contributed by atoms with Gasteiger partial charge in [0, 0.05) is 25.0 Å². The molecule has 0 saturated heterocycles. The largest absolute Gasteiger partial charge is 0.497 e. The monoisotopic (exact) mass is 449 g/mol. The maximum Gasteiger partial charge on any atom is 0.294 e. The third-order valence-corrected chi connectivity index (χ3v) is 3.84. The summed E-state index contributed by atoms with van der Waals surface area (Å²) in [7, 11) is 3.68. The highest BCUT2D eigenvalue weighted by Gasteiger charge is 2.19. The summed E-state index contributed by atoms with van der Waals surface area (Å²) in [6, 6.07) is 6.25. The molecule has 7 nitrogen and oxygen atoms in total. The molecule has 0 spiro atoms. The molecule has 1 aromatic rings. The predicted molar refractivity (Wildman–Crippen MR) is 103 cm³/mol. The molecule has 0 amide bonds. The molecule has 8 heteroatoms. The Morgan fingerprint density at radius 1 is 1.33 bits per heavy atom. The number of rotatable bonds is 9. The number of fused-ring (bicyclic) bond motifs is 1. The Labute approximate surface area is 159 Å². The summed E-state index contributed by atoms with van der Waals surface area (Å²) in [6.07, 6.45) is 6.72. The first-order chi connectivity index (χ1) is 11.1. The van der Waals surface area contributed by atoms with Crippen LogP contribution in [0, 0.1) is 10.1 Å². The van der Waals surface area contributed by atoms with Gasteiger partial charge in [-0.1, -0.05) is 12.5 Å². The molecular formula is C16H24IN3O4. The molecule has 134 valence electrons. The molecule has 0 aliphatic carbocycles. The molecule has 1 aliphatic rings. The molecule has 1 atom stereocenters. The van der Waals surface area contributed by atoms with Crippen LogP contribution >= 0.6 is 24.0 Å². The minimum atomic E-state index is -0.743. The smallest absolute Gasteiger partial charge is 0.294 e. The maximum atomic E-state index is 10.0. The summed E-state index contributed by atoms with van der Waals surface area (Å²) in [5.41, 5.74) is 2.34. The predicted octanol–water partition coefficient (Wildman–Crippen LogP) is 3.29. The topological polar surface area (TPSA) is 76.9 Å². The Morgan fingerprint density at radius 2 is 2.12 bits per heavy atom. The molecule has 24 heavy (non-hydrogen) atoms. The van der Waals surface area contributed by atoms with Gasteiger partial charge in [0.05, 0.1) is 19.8 Å². The average Bonchev–Trinajstić information content (AvgIpc) is 2.55. The molecule has 0 saturated carbocycles. The highest BCUT2D eigenvalue weighted by atomic mass is 127. The van der Waals surface area contributed by atoms with E-state index in [2.05, 4.69) is 27.2 Å². The van der Waals surface area contributed by atoms with Gasteiger partial charge in [0.2, 0.25) is 0 Å². The first-order valence-corrected chi connectivity index (χ1v) is 7.71. The number of methoxy groups -OCH3 is 1. The number of nitrogens with one attached hydrogen (secondary N) is 1. The van der Waals surface area contributed by atoms with Crippen LogP contribution in [0.1, 0.15) is 30.9 Å². The van der Waals surface area contributed by atoms with E-state index in [1.165, 1.54) is 5.56 Å². The van der Waals surface area contributed by atoms with Gasteiger partial charge in [0.25, 0.3) is 5.09 Å². The summed E-state index contributed by atoms with van der Waals surface area (Å²) in [6.45, 7) is 1.02. The van der Waals surface area contributed by atoms with Crippen molar-refractivity contribution in [2.24, 2.45) is 0 Å². The summed E-state index contributed by atoms with van der Waals surface area (Å²) in [5.74, 6) is 0.843. The number of hydrogen-bond acceptors (Lipinski definition) is 6. The van der Waals surface area contributed by atoms with Crippen molar-refractivity contribution >= 4 is 29.7 Å². The highest BCUT2D eigenvalue weighted by molar-refractivity contribution is 14.0. The minimum Gasteiger partial charge on any atom is -0.497 e. The quantitative estimate of drug-likeness (QED) is 0.270. The average molecular weight is 449 g/mol. The van der Waals surface area contributed by atoms with Crippen LogP contribution in [0.25, 0.3) is 0 Å². The van der Waals surface area contributed by atoms with Gasteiger partial charge < -0.3 is 19.8 Å². The lowest BCUT2D eigenvalue weighted by Gasteiger charge is -2.29. The number of hydrogen-bond donors (Lipinski definition) is 1. The van der Waals surface area contributed by atoms with E-state index in [0.717, 1.165) is 30.8 Å². The van der Waals surface area contributed by atoms with Crippen molar-refractivity contribution < 1.29 is 14.7 Å². The van der Waals surface area contributed by atoms with Crippen molar-refractivity contribution in [1.29, 1.82) is 0 Å². The van der Waals surface area contributed by atoms with Crippen LogP contribution < -0.4 is 15.0 Å². The van der Waals surface area contributed by atoms with Gasteiger partial charge in [-0.2, -0.15) is 0 Å². The standard InChI is InChI=1S/C16H23N3O4.HI/c1-18-10-8-15(14-7-6-13(22-2)12-16(14)18)17-9-4-3-5-11-23-19(20)21;/h6-8,10,12,15,17H,3-5,9,11H2,1-2H3;1H. The van der Waals surface area contributed by atoms with Gasteiger partial charge in [-0.3, -0.25) is 0 Å². The number of unbranched alkanes of at least 4 members (excludes halogenated alkanes) is 2. The Hall–Kier alpha value is -1.55. The van der Waals surface area contributed by atoms with Crippen LogP contribution in [0.2, 0.25) is 0 Å². The molecule has 2 rings (SSSR count). The second-order valence-corrected chi connectivity index (χ2v) is 5.43. The van der Waals surface area contributed by atoms with E-state index in [4.69, 9.17) is 4.74 Å². The summed E-state index contributed by atoms with van der Waals surface area (Å²) < 4.78 is 5.29. The number of nitrogens with zero attached hydrogens (tertiary/aromatic N) is 2. The Bertz CT molecular complexity index is 568. The fraction of sp³-hybridized carbons (Fsp3) is 0.500. The molecule has 0 bridgehead atoms. The van der Waals surface area contributed by atoms with Gasteiger partial charge in [-0.15, -0.1) is 34.1 Å². The van der Waals surface area contributed by atoms with E-state index in [1.54, 1.807) is 7.11 Å². The van der Waals surface area contributed by atoms with Gasteiger partial charge in [-0.25, -0.2) is 0 Å². The first-order valence-electron chi connectivity index (χ1n) is 7.71. The van der Waals surface area contributed by atoms with Crippen LogP contribution in [0.3, 0.4) is 0 Å². The number of halogens is 1. The van der Waals surface area contributed by atoms with E-state index >= 15 is 0 Å². The van der Waals surface area contributed by atoms with E-state index in [1.807, 2.05) is 25.4 Å². The minimum absolute atomic E-state index is 0.